The van der Waals surface area contributed by atoms with Crippen LogP contribution < -0.4 is 4.74 Å². The normalized spacial score (nSPS) is 14.1. The lowest BCUT2D eigenvalue weighted by molar-refractivity contribution is -0.132. The number of aromatic amines is 1. The molecule has 162 valence electrons. The molecule has 0 atom stereocenters. The van der Waals surface area contributed by atoms with E-state index < -0.39 is 0 Å². The number of rotatable bonds is 6. The van der Waals surface area contributed by atoms with Gasteiger partial charge in [-0.2, -0.15) is 0 Å². The van der Waals surface area contributed by atoms with E-state index >= 15 is 0 Å². The summed E-state index contributed by atoms with van der Waals surface area (Å²) in [5.41, 5.74) is 4.55. The number of hydrogen-bond acceptors (Lipinski definition) is 4. The van der Waals surface area contributed by atoms with Crippen molar-refractivity contribution in [2.45, 2.75) is 26.7 Å². The Morgan fingerprint density at radius 1 is 1.03 bits per heavy atom. The fraction of sp³-hybridized carbons (Fsp3) is 0.375. The molecule has 0 unspecified atom stereocenters. The molecule has 7 heteroatoms. The summed E-state index contributed by atoms with van der Waals surface area (Å²) in [6.45, 7) is 6.80. The van der Waals surface area contributed by atoms with E-state index in [0.717, 1.165) is 27.9 Å². The van der Waals surface area contributed by atoms with Gasteiger partial charge < -0.3 is 19.5 Å². The van der Waals surface area contributed by atoms with E-state index in [4.69, 9.17) is 4.74 Å². The van der Waals surface area contributed by atoms with Crippen molar-refractivity contribution >= 4 is 22.8 Å². The van der Waals surface area contributed by atoms with Crippen LogP contribution >= 0.6 is 0 Å². The molecule has 1 N–H and O–H groups in total. The smallest absolute Gasteiger partial charge is 0.254 e. The van der Waals surface area contributed by atoms with Crippen LogP contribution in [0.25, 0.3) is 11.0 Å². The molecule has 0 radical (unpaired) electrons. The molecule has 1 aliphatic rings. The Bertz CT molecular complexity index is 1060. The first-order valence-corrected chi connectivity index (χ1v) is 10.7. The lowest BCUT2D eigenvalue weighted by atomic mass is 10.1. The highest BCUT2D eigenvalue weighted by molar-refractivity contribution is 5.97. The van der Waals surface area contributed by atoms with Gasteiger partial charge in [-0.3, -0.25) is 9.59 Å². The lowest BCUT2D eigenvalue weighted by Gasteiger charge is -2.35. The van der Waals surface area contributed by atoms with Crippen molar-refractivity contribution < 1.29 is 14.3 Å². The molecule has 3 aromatic rings. The van der Waals surface area contributed by atoms with E-state index in [1.165, 1.54) is 0 Å². The third-order valence-electron chi connectivity index (χ3n) is 5.78. The van der Waals surface area contributed by atoms with Crippen molar-refractivity contribution in [1.29, 1.82) is 0 Å². The van der Waals surface area contributed by atoms with Crippen molar-refractivity contribution in [3.05, 3.63) is 59.4 Å². The SMILES string of the molecule is Cc1cccc(C)c1OCCCC(=O)N1CCN(C(=O)c2ccc3nc[nH]c3c2)CC1. The summed E-state index contributed by atoms with van der Waals surface area (Å²) in [6, 6.07) is 11.6. The highest BCUT2D eigenvalue weighted by Crippen LogP contribution is 2.22. The van der Waals surface area contributed by atoms with Gasteiger partial charge in [0.05, 0.1) is 24.0 Å². The molecule has 2 aromatic carbocycles. The first kappa shape index (κ1) is 20.9. The number of aryl methyl sites for hydroxylation is 2. The number of fused-ring (bicyclic) bond motifs is 1. The number of benzene rings is 2. The summed E-state index contributed by atoms with van der Waals surface area (Å²) in [5.74, 6) is 1.03. The first-order valence-electron chi connectivity index (χ1n) is 10.7. The molecule has 0 aliphatic carbocycles. The van der Waals surface area contributed by atoms with Crippen LogP contribution in [-0.4, -0.2) is 64.4 Å². The van der Waals surface area contributed by atoms with Crippen molar-refractivity contribution in [3.63, 3.8) is 0 Å². The second-order valence-electron chi connectivity index (χ2n) is 7.98. The molecule has 0 saturated carbocycles. The number of ether oxygens (including phenoxy) is 1. The minimum atomic E-state index is -0.00870. The van der Waals surface area contributed by atoms with E-state index in [1.54, 1.807) is 12.4 Å². The summed E-state index contributed by atoms with van der Waals surface area (Å²) in [5, 5.41) is 0. The minimum absolute atomic E-state index is 0.00870. The number of aromatic nitrogens is 2. The second-order valence-corrected chi connectivity index (χ2v) is 7.98. The van der Waals surface area contributed by atoms with Crippen LogP contribution in [0.1, 0.15) is 34.3 Å². The van der Waals surface area contributed by atoms with E-state index in [-0.39, 0.29) is 11.8 Å². The number of nitrogens with one attached hydrogen (secondary N) is 1. The van der Waals surface area contributed by atoms with E-state index in [2.05, 4.69) is 9.97 Å². The fourth-order valence-electron chi connectivity index (χ4n) is 3.99. The lowest BCUT2D eigenvalue weighted by Crippen LogP contribution is -2.50. The van der Waals surface area contributed by atoms with Crippen molar-refractivity contribution in [2.75, 3.05) is 32.8 Å². The van der Waals surface area contributed by atoms with Gasteiger partial charge in [-0.25, -0.2) is 4.98 Å². The van der Waals surface area contributed by atoms with E-state index in [1.807, 2.05) is 54.0 Å². The van der Waals surface area contributed by atoms with Crippen LogP contribution in [-0.2, 0) is 4.79 Å². The van der Waals surface area contributed by atoms with Gasteiger partial charge in [-0.1, -0.05) is 18.2 Å². The first-order chi connectivity index (χ1) is 15.0. The van der Waals surface area contributed by atoms with Crippen LogP contribution in [0.5, 0.6) is 5.75 Å². The number of H-pyrrole nitrogens is 1. The van der Waals surface area contributed by atoms with Gasteiger partial charge in [-0.05, 0) is 49.6 Å². The molecule has 1 saturated heterocycles. The molecule has 2 amide bonds. The molecule has 1 aromatic heterocycles. The van der Waals surface area contributed by atoms with Gasteiger partial charge in [0.1, 0.15) is 5.75 Å². The molecular weight excluding hydrogens is 392 g/mol. The number of nitrogens with zero attached hydrogens (tertiary/aromatic N) is 3. The molecule has 1 fully saturated rings. The molecular formula is C24H28N4O3. The Kier molecular flexibility index (Phi) is 6.21. The van der Waals surface area contributed by atoms with Gasteiger partial charge in [0.25, 0.3) is 5.91 Å². The van der Waals surface area contributed by atoms with Crippen molar-refractivity contribution in [1.82, 2.24) is 19.8 Å². The quantitative estimate of drug-likeness (QED) is 0.621. The van der Waals surface area contributed by atoms with Crippen LogP contribution in [0.15, 0.2) is 42.7 Å². The molecule has 31 heavy (non-hydrogen) atoms. The zero-order valence-electron chi connectivity index (χ0n) is 18.1. The van der Waals surface area contributed by atoms with Crippen LogP contribution in [0.3, 0.4) is 0 Å². The maximum absolute atomic E-state index is 12.8. The monoisotopic (exact) mass is 420 g/mol. The molecule has 7 nitrogen and oxygen atoms in total. The average Bonchev–Trinajstić information content (AvgIpc) is 3.25. The zero-order valence-corrected chi connectivity index (χ0v) is 18.1. The number of para-hydroxylation sites is 1. The second kappa shape index (κ2) is 9.20. The number of imidazole rings is 1. The van der Waals surface area contributed by atoms with E-state index in [0.29, 0.717) is 51.2 Å². The number of carbonyl (C=O) groups excluding carboxylic acids is 2. The Labute approximate surface area is 182 Å². The highest BCUT2D eigenvalue weighted by Gasteiger charge is 2.24. The fourth-order valence-corrected chi connectivity index (χ4v) is 3.99. The van der Waals surface area contributed by atoms with Gasteiger partial charge in [-0.15, -0.1) is 0 Å². The third kappa shape index (κ3) is 4.71. The summed E-state index contributed by atoms with van der Waals surface area (Å²) in [7, 11) is 0. The van der Waals surface area contributed by atoms with Crippen LogP contribution in [0.4, 0.5) is 0 Å². The maximum atomic E-state index is 12.8. The summed E-state index contributed by atoms with van der Waals surface area (Å²) in [6.07, 6.45) is 2.75. The van der Waals surface area contributed by atoms with E-state index in [9.17, 15) is 9.59 Å². The number of amides is 2. The van der Waals surface area contributed by atoms with Crippen LogP contribution in [0.2, 0.25) is 0 Å². The Hall–Kier alpha value is -3.35. The number of hydrogen-bond donors (Lipinski definition) is 1. The molecule has 0 bridgehead atoms. The minimum Gasteiger partial charge on any atom is -0.493 e. The predicted octanol–water partition coefficient (Wildman–Crippen LogP) is 3.32. The maximum Gasteiger partial charge on any atom is 0.254 e. The van der Waals surface area contributed by atoms with Crippen molar-refractivity contribution in [3.8, 4) is 5.75 Å². The zero-order chi connectivity index (χ0) is 21.8. The summed E-state index contributed by atoms with van der Waals surface area (Å²) >= 11 is 0. The Morgan fingerprint density at radius 2 is 1.74 bits per heavy atom. The number of carbonyl (C=O) groups is 2. The Balaban J connectivity index is 1.22. The van der Waals surface area contributed by atoms with Gasteiger partial charge in [0.2, 0.25) is 5.91 Å². The third-order valence-corrected chi connectivity index (χ3v) is 5.78. The average molecular weight is 421 g/mol. The van der Waals surface area contributed by atoms with Crippen LogP contribution in [0, 0.1) is 13.8 Å². The molecule has 4 rings (SSSR count). The topological polar surface area (TPSA) is 78.5 Å². The standard InChI is InChI=1S/C24H28N4O3/c1-17-5-3-6-18(2)23(17)31-14-4-7-22(29)27-10-12-28(13-11-27)24(30)19-8-9-20-21(15-19)26-16-25-20/h3,5-6,8-9,15-16H,4,7,10-14H2,1-2H3,(H,25,26). The number of piperazine rings is 1. The molecule has 0 spiro atoms. The van der Waals surface area contributed by atoms with Gasteiger partial charge in [0.15, 0.2) is 0 Å². The largest absolute Gasteiger partial charge is 0.493 e. The van der Waals surface area contributed by atoms with Gasteiger partial charge >= 0.3 is 0 Å². The predicted molar refractivity (Wildman–Crippen MR) is 119 cm³/mol. The molecule has 1 aliphatic heterocycles. The summed E-state index contributed by atoms with van der Waals surface area (Å²) < 4.78 is 5.90. The molecule has 2 heterocycles. The van der Waals surface area contributed by atoms with Crippen molar-refractivity contribution in [2.24, 2.45) is 0 Å². The Morgan fingerprint density at radius 3 is 2.48 bits per heavy atom. The highest BCUT2D eigenvalue weighted by atomic mass is 16.5. The summed E-state index contributed by atoms with van der Waals surface area (Å²) in [4.78, 5) is 36.3. The van der Waals surface area contributed by atoms with Gasteiger partial charge in [0, 0.05) is 38.2 Å².